The number of urea groups is 1. The van der Waals surface area contributed by atoms with Gasteiger partial charge in [0.2, 0.25) is 0 Å². The molecule has 5 rings (SSSR count). The van der Waals surface area contributed by atoms with E-state index in [0.717, 1.165) is 48.3 Å². The van der Waals surface area contributed by atoms with Crippen molar-refractivity contribution in [3.05, 3.63) is 89.0 Å². The number of benzene rings is 2. The van der Waals surface area contributed by atoms with Crippen LogP contribution >= 0.6 is 0 Å². The number of amides is 2. The number of aromatic nitrogens is 2. The lowest BCUT2D eigenvalue weighted by Crippen LogP contribution is -2.55. The Morgan fingerprint density at radius 1 is 1.18 bits per heavy atom. The monoisotopic (exact) mass is 440 g/mol. The number of hydrogen-bond donors (Lipinski definition) is 2. The van der Waals surface area contributed by atoms with Crippen LogP contribution in [-0.4, -0.2) is 45.7 Å². The van der Waals surface area contributed by atoms with Gasteiger partial charge in [0.25, 0.3) is 0 Å². The first-order valence-electron chi connectivity index (χ1n) is 11.4. The van der Waals surface area contributed by atoms with Crippen molar-refractivity contribution in [2.45, 2.75) is 37.9 Å². The van der Waals surface area contributed by atoms with E-state index in [2.05, 4.69) is 62.3 Å². The van der Waals surface area contributed by atoms with E-state index in [1.54, 1.807) is 0 Å². The third kappa shape index (κ3) is 3.98. The van der Waals surface area contributed by atoms with E-state index in [-0.39, 0.29) is 17.6 Å². The molecule has 3 heterocycles. The average Bonchev–Trinajstić information content (AvgIpc) is 3.41. The molecule has 2 N–H and O–H groups in total. The summed E-state index contributed by atoms with van der Waals surface area (Å²) < 4.78 is 2.12. The predicted octanol–water partition coefficient (Wildman–Crippen LogP) is 3.35. The maximum absolute atomic E-state index is 13.3. The van der Waals surface area contributed by atoms with Crippen LogP contribution in [0.15, 0.2) is 61.1 Å². The second-order valence-electron chi connectivity index (χ2n) is 9.07. The Hall–Kier alpha value is -3.63. The number of nitrogens with zero attached hydrogens (tertiary/aromatic N) is 4. The molecule has 3 aromatic rings. The van der Waals surface area contributed by atoms with Gasteiger partial charge in [0.15, 0.2) is 0 Å². The highest BCUT2D eigenvalue weighted by atomic mass is 16.2. The fourth-order valence-electron chi connectivity index (χ4n) is 5.19. The van der Waals surface area contributed by atoms with Crippen molar-refractivity contribution in [2.24, 2.45) is 0 Å². The van der Waals surface area contributed by atoms with Gasteiger partial charge in [0.1, 0.15) is 6.04 Å². The van der Waals surface area contributed by atoms with Gasteiger partial charge in [-0.1, -0.05) is 42.0 Å². The molecule has 7 heteroatoms. The number of imidazole rings is 1. The zero-order valence-electron chi connectivity index (χ0n) is 18.8. The van der Waals surface area contributed by atoms with E-state index >= 15 is 0 Å². The Morgan fingerprint density at radius 3 is 2.70 bits per heavy atom. The first-order valence-corrected chi connectivity index (χ1v) is 11.4. The zero-order chi connectivity index (χ0) is 22.8. The first kappa shape index (κ1) is 21.2. The van der Waals surface area contributed by atoms with Crippen LogP contribution in [0.5, 0.6) is 0 Å². The number of hydrogen-bond acceptors (Lipinski definition) is 4. The van der Waals surface area contributed by atoms with Crippen molar-refractivity contribution < 1.29 is 4.79 Å². The first-order chi connectivity index (χ1) is 16.1. The van der Waals surface area contributed by atoms with Crippen LogP contribution in [-0.2, 0) is 6.54 Å². The minimum Gasteiger partial charge on any atom is -0.336 e. The molecule has 1 unspecified atom stereocenters. The number of nitriles is 1. The summed E-state index contributed by atoms with van der Waals surface area (Å²) in [4.78, 5) is 19.9. The summed E-state index contributed by atoms with van der Waals surface area (Å²) in [5.74, 6) is 0. The summed E-state index contributed by atoms with van der Waals surface area (Å²) in [7, 11) is 0. The van der Waals surface area contributed by atoms with Gasteiger partial charge in [-0.15, -0.1) is 0 Å². The second kappa shape index (κ2) is 8.72. The molecule has 0 saturated carbocycles. The van der Waals surface area contributed by atoms with Crippen LogP contribution in [0.2, 0.25) is 0 Å². The van der Waals surface area contributed by atoms with E-state index in [0.29, 0.717) is 18.7 Å². The van der Waals surface area contributed by atoms with E-state index in [1.807, 2.05) is 36.8 Å². The number of carbonyl (C=O) groups excluding carboxylic acids is 1. The lowest BCUT2D eigenvalue weighted by Gasteiger charge is -2.44. The highest BCUT2D eigenvalue weighted by molar-refractivity contribution is 5.79. The summed E-state index contributed by atoms with van der Waals surface area (Å²) in [5.41, 5.74) is 4.74. The van der Waals surface area contributed by atoms with E-state index in [4.69, 9.17) is 5.26 Å². The summed E-state index contributed by atoms with van der Waals surface area (Å²) in [6.07, 6.45) is 5.55. The largest absolute Gasteiger partial charge is 0.336 e. The summed E-state index contributed by atoms with van der Waals surface area (Å²) >= 11 is 0. The van der Waals surface area contributed by atoms with Crippen LogP contribution in [0.4, 0.5) is 4.79 Å². The lowest BCUT2D eigenvalue weighted by atomic mass is 9.85. The number of piperidine rings is 1. The quantitative estimate of drug-likeness (QED) is 0.637. The average molecular weight is 441 g/mol. The molecular formula is C26H28N6O. The molecule has 2 fully saturated rings. The molecule has 0 bridgehead atoms. The number of nitrogens with one attached hydrogen (secondary N) is 2. The van der Waals surface area contributed by atoms with Gasteiger partial charge in [-0.25, -0.2) is 9.78 Å². The zero-order valence-corrected chi connectivity index (χ0v) is 18.8. The van der Waals surface area contributed by atoms with Crippen molar-refractivity contribution in [3.8, 4) is 6.07 Å². The van der Waals surface area contributed by atoms with Gasteiger partial charge in [-0.3, -0.25) is 0 Å². The van der Waals surface area contributed by atoms with Crippen molar-refractivity contribution in [1.29, 1.82) is 5.26 Å². The van der Waals surface area contributed by atoms with Crippen LogP contribution in [0, 0.1) is 18.3 Å². The topological polar surface area (TPSA) is 86.0 Å². The summed E-state index contributed by atoms with van der Waals surface area (Å²) in [5, 5.41) is 15.7. The lowest BCUT2D eigenvalue weighted by molar-refractivity contribution is 0.0992. The Morgan fingerprint density at radius 2 is 1.97 bits per heavy atom. The molecule has 33 heavy (non-hydrogen) atoms. The van der Waals surface area contributed by atoms with Crippen LogP contribution in [0.25, 0.3) is 0 Å². The predicted molar refractivity (Wildman–Crippen MR) is 126 cm³/mol. The fourth-order valence-corrected chi connectivity index (χ4v) is 5.19. The molecular weight excluding hydrogens is 412 g/mol. The molecule has 2 aromatic carbocycles. The van der Waals surface area contributed by atoms with Gasteiger partial charge in [-0.05, 0) is 56.1 Å². The van der Waals surface area contributed by atoms with Crippen LogP contribution in [0.3, 0.4) is 0 Å². The van der Waals surface area contributed by atoms with E-state index in [9.17, 15) is 4.79 Å². The molecule has 0 radical (unpaired) electrons. The van der Waals surface area contributed by atoms with E-state index < -0.39 is 0 Å². The number of aryl methyl sites for hydroxylation is 1. The molecule has 2 aliphatic rings. The third-order valence-electron chi connectivity index (χ3n) is 6.91. The summed E-state index contributed by atoms with van der Waals surface area (Å²) in [6, 6.07) is 17.9. The van der Waals surface area contributed by atoms with Gasteiger partial charge in [-0.2, -0.15) is 5.26 Å². The highest BCUT2D eigenvalue weighted by Gasteiger charge is 2.50. The SMILES string of the molecule is Cc1cccc(C(c2cncn2Cc2ccc(C#N)cc2)N2C(=O)NCC23CCNCC3)c1. The molecule has 1 atom stereocenters. The number of carbonyl (C=O) groups is 1. The third-order valence-corrected chi connectivity index (χ3v) is 6.91. The fraction of sp³-hybridized carbons (Fsp3) is 0.346. The van der Waals surface area contributed by atoms with Gasteiger partial charge < -0.3 is 20.1 Å². The summed E-state index contributed by atoms with van der Waals surface area (Å²) in [6.45, 7) is 5.17. The minimum absolute atomic E-state index is 0.0190. The standard InChI is InChI=1S/C26H28N6O/c1-19-3-2-4-22(13-19)24(32-25(33)30-17-26(32)9-11-28-12-10-26)23-15-29-18-31(23)16-21-7-5-20(14-27)6-8-21/h2-8,13,15,18,24,28H,9-12,16-17H2,1H3,(H,30,33). The maximum atomic E-state index is 13.3. The van der Waals surface area contributed by atoms with Crippen LogP contribution in [0.1, 0.15) is 46.8 Å². The van der Waals surface area contributed by atoms with Gasteiger partial charge in [0.05, 0.1) is 35.4 Å². The maximum Gasteiger partial charge on any atom is 0.318 e. The van der Waals surface area contributed by atoms with Crippen LogP contribution < -0.4 is 10.6 Å². The molecule has 2 amide bonds. The Kier molecular flexibility index (Phi) is 5.61. The number of rotatable bonds is 5. The van der Waals surface area contributed by atoms with E-state index in [1.165, 1.54) is 0 Å². The van der Waals surface area contributed by atoms with Crippen molar-refractivity contribution in [3.63, 3.8) is 0 Å². The molecule has 7 nitrogen and oxygen atoms in total. The molecule has 0 aliphatic carbocycles. The minimum atomic E-state index is -0.244. The molecule has 2 saturated heterocycles. The second-order valence-corrected chi connectivity index (χ2v) is 9.07. The molecule has 168 valence electrons. The van der Waals surface area contributed by atoms with Crippen molar-refractivity contribution in [2.75, 3.05) is 19.6 Å². The Balaban J connectivity index is 1.58. The van der Waals surface area contributed by atoms with Gasteiger partial charge >= 0.3 is 6.03 Å². The molecule has 1 spiro atoms. The van der Waals surface area contributed by atoms with Gasteiger partial charge in [0, 0.05) is 13.1 Å². The van der Waals surface area contributed by atoms with Crippen molar-refractivity contribution >= 4 is 6.03 Å². The normalized spacial score (nSPS) is 18.2. The van der Waals surface area contributed by atoms with Crippen molar-refractivity contribution in [1.82, 2.24) is 25.1 Å². The smallest absolute Gasteiger partial charge is 0.318 e. The Bertz CT molecular complexity index is 1190. The highest BCUT2D eigenvalue weighted by Crippen LogP contribution is 2.41. The molecule has 2 aliphatic heterocycles. The Labute approximate surface area is 194 Å². The molecule has 1 aromatic heterocycles.